The van der Waals surface area contributed by atoms with Crippen molar-refractivity contribution >= 4 is 17.5 Å². The Bertz CT molecular complexity index is 461. The fourth-order valence-electron chi connectivity index (χ4n) is 1.80. The van der Waals surface area contributed by atoms with Crippen LogP contribution in [0.25, 0.3) is 0 Å². The summed E-state index contributed by atoms with van der Waals surface area (Å²) in [4.78, 5) is 13.7. The normalized spacial score (nSPS) is 14.2. The number of benzene rings is 1. The van der Waals surface area contributed by atoms with Crippen LogP contribution in [0.3, 0.4) is 0 Å². The second-order valence-electron chi connectivity index (χ2n) is 5.08. The molecule has 3 N–H and O–H groups in total. The zero-order chi connectivity index (χ0) is 14.6. The number of amides is 1. The summed E-state index contributed by atoms with van der Waals surface area (Å²) in [7, 11) is 3.67. The molecule has 0 aliphatic carbocycles. The van der Waals surface area contributed by atoms with Crippen LogP contribution in [0.2, 0.25) is 5.02 Å². The van der Waals surface area contributed by atoms with E-state index >= 15 is 0 Å². The third kappa shape index (κ3) is 5.06. The molecule has 1 amide bonds. The van der Waals surface area contributed by atoms with Crippen LogP contribution in [-0.4, -0.2) is 53.8 Å². The lowest BCUT2D eigenvalue weighted by atomic mass is 10.1. The van der Waals surface area contributed by atoms with Crippen molar-refractivity contribution in [1.29, 1.82) is 0 Å². The number of hydrogen-bond donors (Lipinski definition) is 3. The predicted octanol–water partition coefficient (Wildman–Crippen LogP) is 1.09. The van der Waals surface area contributed by atoms with Gasteiger partial charge in [-0.15, -0.1) is 0 Å². The first-order valence-corrected chi connectivity index (χ1v) is 6.23. The summed E-state index contributed by atoms with van der Waals surface area (Å²) in [6.45, 7) is 2.14. The SMILES string of the molecule is CN(C)CC(C)(O)CNC(=O)c1ccc(Cl)cc1O. The van der Waals surface area contributed by atoms with Crippen LogP contribution >= 0.6 is 11.6 Å². The van der Waals surface area contributed by atoms with Gasteiger partial charge in [-0.05, 0) is 39.2 Å². The number of aliphatic hydroxyl groups is 1. The predicted molar refractivity (Wildman–Crippen MR) is 74.6 cm³/mol. The molecule has 1 atom stereocenters. The monoisotopic (exact) mass is 286 g/mol. The minimum atomic E-state index is -1.04. The van der Waals surface area contributed by atoms with Crippen LogP contribution in [0.15, 0.2) is 18.2 Å². The second-order valence-corrected chi connectivity index (χ2v) is 5.52. The highest BCUT2D eigenvalue weighted by Gasteiger charge is 2.23. The minimum Gasteiger partial charge on any atom is -0.507 e. The van der Waals surface area contributed by atoms with E-state index in [-0.39, 0.29) is 17.9 Å². The Hall–Kier alpha value is -1.30. The van der Waals surface area contributed by atoms with E-state index in [1.54, 1.807) is 6.92 Å². The molecule has 19 heavy (non-hydrogen) atoms. The van der Waals surface area contributed by atoms with Crippen molar-refractivity contribution < 1.29 is 15.0 Å². The Morgan fingerprint density at radius 3 is 2.63 bits per heavy atom. The lowest BCUT2D eigenvalue weighted by Gasteiger charge is -2.27. The Kier molecular flexibility index (Phi) is 5.17. The number of phenols is 1. The highest BCUT2D eigenvalue weighted by atomic mass is 35.5. The van der Waals surface area contributed by atoms with E-state index in [9.17, 15) is 15.0 Å². The summed E-state index contributed by atoms with van der Waals surface area (Å²) in [5, 5.41) is 22.6. The van der Waals surface area contributed by atoms with E-state index < -0.39 is 11.5 Å². The highest BCUT2D eigenvalue weighted by molar-refractivity contribution is 6.30. The number of halogens is 1. The van der Waals surface area contributed by atoms with E-state index in [0.717, 1.165) is 0 Å². The van der Waals surface area contributed by atoms with Gasteiger partial charge >= 0.3 is 0 Å². The Morgan fingerprint density at radius 2 is 2.11 bits per heavy atom. The van der Waals surface area contributed by atoms with Gasteiger partial charge in [0.05, 0.1) is 11.2 Å². The molecule has 0 saturated heterocycles. The molecular formula is C13H19ClN2O3. The Morgan fingerprint density at radius 1 is 1.47 bits per heavy atom. The maximum Gasteiger partial charge on any atom is 0.255 e. The summed E-state index contributed by atoms with van der Waals surface area (Å²) in [6, 6.07) is 4.26. The number of likely N-dealkylation sites (N-methyl/N-ethyl adjacent to an activating group) is 1. The molecule has 1 aromatic carbocycles. The van der Waals surface area contributed by atoms with Crippen molar-refractivity contribution in [3.05, 3.63) is 28.8 Å². The van der Waals surface area contributed by atoms with E-state index in [2.05, 4.69) is 5.32 Å². The summed E-state index contributed by atoms with van der Waals surface area (Å²) >= 11 is 5.69. The molecule has 1 unspecified atom stereocenters. The molecule has 0 saturated carbocycles. The molecule has 106 valence electrons. The molecule has 0 fully saturated rings. The third-order valence-corrected chi connectivity index (χ3v) is 2.73. The topological polar surface area (TPSA) is 72.8 Å². The number of rotatable bonds is 5. The smallest absolute Gasteiger partial charge is 0.255 e. The molecule has 0 aliphatic heterocycles. The number of nitrogens with one attached hydrogen (secondary N) is 1. The van der Waals surface area contributed by atoms with Crippen LogP contribution in [0.1, 0.15) is 17.3 Å². The molecule has 0 spiro atoms. The van der Waals surface area contributed by atoms with Crippen molar-refractivity contribution in [2.75, 3.05) is 27.2 Å². The summed E-state index contributed by atoms with van der Waals surface area (Å²) < 4.78 is 0. The van der Waals surface area contributed by atoms with Gasteiger partial charge < -0.3 is 20.4 Å². The number of hydrogen-bond acceptors (Lipinski definition) is 4. The maximum atomic E-state index is 11.9. The fourth-order valence-corrected chi connectivity index (χ4v) is 1.97. The van der Waals surface area contributed by atoms with Gasteiger partial charge in [0.15, 0.2) is 0 Å². The van der Waals surface area contributed by atoms with Gasteiger partial charge in [-0.3, -0.25) is 4.79 Å². The van der Waals surface area contributed by atoms with E-state index in [1.165, 1.54) is 18.2 Å². The Balaban J connectivity index is 2.65. The molecule has 0 aliphatic rings. The summed E-state index contributed by atoms with van der Waals surface area (Å²) in [6.07, 6.45) is 0. The van der Waals surface area contributed by atoms with Gasteiger partial charge in [0.2, 0.25) is 0 Å². The first kappa shape index (κ1) is 15.8. The molecule has 6 heteroatoms. The van der Waals surface area contributed by atoms with Crippen LogP contribution in [0.5, 0.6) is 5.75 Å². The molecule has 0 bridgehead atoms. The summed E-state index contributed by atoms with van der Waals surface area (Å²) in [5.74, 6) is -0.634. The van der Waals surface area contributed by atoms with Crippen LogP contribution in [0, 0.1) is 0 Å². The van der Waals surface area contributed by atoms with Gasteiger partial charge in [0.1, 0.15) is 5.75 Å². The molecule has 0 aromatic heterocycles. The minimum absolute atomic E-state index is 0.0894. The van der Waals surface area contributed by atoms with Crippen LogP contribution in [0.4, 0.5) is 0 Å². The largest absolute Gasteiger partial charge is 0.507 e. The lowest BCUT2D eigenvalue weighted by Crippen LogP contribution is -2.47. The van der Waals surface area contributed by atoms with Crippen LogP contribution < -0.4 is 5.32 Å². The zero-order valence-electron chi connectivity index (χ0n) is 11.3. The average Bonchev–Trinajstić information content (AvgIpc) is 2.24. The van der Waals surface area contributed by atoms with Gasteiger partial charge in [-0.25, -0.2) is 0 Å². The first-order chi connectivity index (χ1) is 8.71. The third-order valence-electron chi connectivity index (χ3n) is 2.49. The van der Waals surface area contributed by atoms with Gasteiger partial charge in [-0.2, -0.15) is 0 Å². The van der Waals surface area contributed by atoms with E-state index in [1.807, 2.05) is 19.0 Å². The average molecular weight is 287 g/mol. The Labute approximate surface area is 117 Å². The molecule has 0 radical (unpaired) electrons. The lowest BCUT2D eigenvalue weighted by molar-refractivity contribution is 0.0325. The molecule has 1 aromatic rings. The zero-order valence-corrected chi connectivity index (χ0v) is 12.0. The maximum absolute atomic E-state index is 11.9. The molecule has 5 nitrogen and oxygen atoms in total. The fraction of sp³-hybridized carbons (Fsp3) is 0.462. The van der Waals surface area contributed by atoms with Crippen molar-refractivity contribution in [3.63, 3.8) is 0 Å². The number of phenolic OH excluding ortho intramolecular Hbond substituents is 1. The van der Waals surface area contributed by atoms with Crippen molar-refractivity contribution in [2.45, 2.75) is 12.5 Å². The molecular weight excluding hydrogens is 268 g/mol. The molecule has 0 heterocycles. The summed E-state index contributed by atoms with van der Waals surface area (Å²) in [5.41, 5.74) is -0.911. The van der Waals surface area contributed by atoms with Gasteiger partial charge in [0.25, 0.3) is 5.91 Å². The van der Waals surface area contributed by atoms with E-state index in [0.29, 0.717) is 11.6 Å². The van der Waals surface area contributed by atoms with Gasteiger partial charge in [-0.1, -0.05) is 11.6 Å². The standard InChI is InChI=1S/C13H19ClN2O3/c1-13(19,8-16(2)3)7-15-12(18)10-5-4-9(14)6-11(10)17/h4-6,17,19H,7-8H2,1-3H3,(H,15,18). The number of carbonyl (C=O) groups is 1. The number of aromatic hydroxyl groups is 1. The van der Waals surface area contributed by atoms with Crippen molar-refractivity contribution in [1.82, 2.24) is 10.2 Å². The van der Waals surface area contributed by atoms with E-state index in [4.69, 9.17) is 11.6 Å². The van der Waals surface area contributed by atoms with Crippen LogP contribution in [-0.2, 0) is 0 Å². The quantitative estimate of drug-likeness (QED) is 0.758. The second kappa shape index (κ2) is 6.23. The molecule has 1 rings (SSSR count). The highest BCUT2D eigenvalue weighted by Crippen LogP contribution is 2.21. The van der Waals surface area contributed by atoms with Crippen molar-refractivity contribution in [3.8, 4) is 5.75 Å². The van der Waals surface area contributed by atoms with Crippen molar-refractivity contribution in [2.24, 2.45) is 0 Å². The van der Waals surface area contributed by atoms with Gasteiger partial charge in [0, 0.05) is 18.1 Å². The number of nitrogens with zero attached hydrogens (tertiary/aromatic N) is 1. The number of carbonyl (C=O) groups excluding carboxylic acids is 1. The first-order valence-electron chi connectivity index (χ1n) is 5.85.